The molecule has 1 aliphatic rings. The Morgan fingerprint density at radius 2 is 2.00 bits per heavy atom. The number of nitrogens with zero attached hydrogens (tertiary/aromatic N) is 4. The summed E-state index contributed by atoms with van der Waals surface area (Å²) in [7, 11) is 2.02. The molecule has 0 atom stereocenters. The first-order chi connectivity index (χ1) is 12.6. The van der Waals surface area contributed by atoms with Crippen molar-refractivity contribution in [1.82, 2.24) is 19.4 Å². The minimum atomic E-state index is 0.114. The molecular weight excluding hydrogens is 328 g/mol. The maximum absolute atomic E-state index is 12.0. The van der Waals surface area contributed by atoms with Crippen LogP contribution >= 0.6 is 0 Å². The van der Waals surface area contributed by atoms with Gasteiger partial charge in [-0.05, 0) is 25.5 Å². The third-order valence-corrected chi connectivity index (χ3v) is 4.90. The van der Waals surface area contributed by atoms with E-state index in [1.54, 1.807) is 6.92 Å². The number of carbonyl (C=O) groups is 1. The zero-order valence-electron chi connectivity index (χ0n) is 15.7. The summed E-state index contributed by atoms with van der Waals surface area (Å²) in [4.78, 5) is 20.5. The van der Waals surface area contributed by atoms with Gasteiger partial charge in [0, 0.05) is 51.9 Å². The van der Waals surface area contributed by atoms with Crippen LogP contribution in [0, 0.1) is 0 Å². The van der Waals surface area contributed by atoms with Crippen molar-refractivity contribution >= 4 is 5.91 Å². The van der Waals surface area contributed by atoms with E-state index in [0.717, 1.165) is 50.3 Å². The summed E-state index contributed by atoms with van der Waals surface area (Å²) in [5.41, 5.74) is 2.27. The highest BCUT2D eigenvalue weighted by Gasteiger charge is 2.15. The van der Waals surface area contributed by atoms with E-state index >= 15 is 0 Å². The van der Waals surface area contributed by atoms with Crippen molar-refractivity contribution in [2.24, 2.45) is 7.05 Å². The number of ether oxygens (including phenoxy) is 1. The highest BCUT2D eigenvalue weighted by molar-refractivity contribution is 5.73. The predicted octanol–water partition coefficient (Wildman–Crippen LogP) is 2.44. The topological polar surface area (TPSA) is 50.6 Å². The standard InChI is InChI=1S/C20H28N4O2/c1-17(25)24-10-6-5-9-23(15-19-13-21-16-22(19)2)11-12-26-20-8-4-3-7-18(20)14-24/h3-4,7-8,13,16H,5-6,9-12,14-15H2,1-2H3. The van der Waals surface area contributed by atoms with Crippen molar-refractivity contribution < 1.29 is 9.53 Å². The third-order valence-electron chi connectivity index (χ3n) is 4.90. The van der Waals surface area contributed by atoms with Crippen molar-refractivity contribution in [3.05, 3.63) is 48.0 Å². The molecule has 3 rings (SSSR count). The molecule has 1 aromatic carbocycles. The summed E-state index contributed by atoms with van der Waals surface area (Å²) in [5.74, 6) is 0.989. The first-order valence-electron chi connectivity index (χ1n) is 9.27. The molecule has 6 nitrogen and oxygen atoms in total. The number of fused-ring (bicyclic) bond motifs is 1. The maximum Gasteiger partial charge on any atom is 0.219 e. The average molecular weight is 356 g/mol. The lowest BCUT2D eigenvalue weighted by Crippen LogP contribution is -2.33. The lowest BCUT2D eigenvalue weighted by Gasteiger charge is -2.27. The van der Waals surface area contributed by atoms with E-state index in [0.29, 0.717) is 13.2 Å². The van der Waals surface area contributed by atoms with Crippen LogP contribution in [0.1, 0.15) is 31.0 Å². The minimum Gasteiger partial charge on any atom is -0.492 e. The molecule has 0 aliphatic carbocycles. The van der Waals surface area contributed by atoms with Crippen LogP contribution in [0.5, 0.6) is 5.75 Å². The number of rotatable bonds is 2. The molecule has 140 valence electrons. The lowest BCUT2D eigenvalue weighted by atomic mass is 10.1. The Labute approximate surface area is 155 Å². The Kier molecular flexibility index (Phi) is 6.28. The highest BCUT2D eigenvalue weighted by Crippen LogP contribution is 2.21. The Bertz CT molecular complexity index is 728. The van der Waals surface area contributed by atoms with Gasteiger partial charge in [-0.3, -0.25) is 9.69 Å². The van der Waals surface area contributed by atoms with Gasteiger partial charge in [-0.2, -0.15) is 0 Å². The molecule has 0 unspecified atom stereocenters. The van der Waals surface area contributed by atoms with Crippen LogP contribution in [0.25, 0.3) is 0 Å². The second-order valence-corrected chi connectivity index (χ2v) is 6.88. The minimum absolute atomic E-state index is 0.114. The molecule has 0 spiro atoms. The van der Waals surface area contributed by atoms with Gasteiger partial charge < -0.3 is 14.2 Å². The monoisotopic (exact) mass is 356 g/mol. The fraction of sp³-hybridized carbons (Fsp3) is 0.500. The van der Waals surface area contributed by atoms with E-state index in [-0.39, 0.29) is 5.91 Å². The van der Waals surface area contributed by atoms with Crippen molar-refractivity contribution in [3.63, 3.8) is 0 Å². The molecule has 2 heterocycles. The van der Waals surface area contributed by atoms with Crippen molar-refractivity contribution in [2.45, 2.75) is 32.9 Å². The third kappa shape index (κ3) is 4.85. The van der Waals surface area contributed by atoms with E-state index in [4.69, 9.17) is 4.74 Å². The van der Waals surface area contributed by atoms with Gasteiger partial charge in [0.15, 0.2) is 0 Å². The fourth-order valence-electron chi connectivity index (χ4n) is 3.29. The smallest absolute Gasteiger partial charge is 0.219 e. The van der Waals surface area contributed by atoms with Gasteiger partial charge in [-0.1, -0.05) is 18.2 Å². The second-order valence-electron chi connectivity index (χ2n) is 6.88. The molecule has 2 aromatic rings. The summed E-state index contributed by atoms with van der Waals surface area (Å²) >= 11 is 0. The Morgan fingerprint density at radius 3 is 2.77 bits per heavy atom. The number of amides is 1. The number of hydrogen-bond acceptors (Lipinski definition) is 4. The second kappa shape index (κ2) is 8.85. The number of imidazole rings is 1. The van der Waals surface area contributed by atoms with Crippen LogP contribution in [0.2, 0.25) is 0 Å². The highest BCUT2D eigenvalue weighted by atomic mass is 16.5. The fourth-order valence-corrected chi connectivity index (χ4v) is 3.29. The quantitative estimate of drug-likeness (QED) is 0.829. The summed E-state index contributed by atoms with van der Waals surface area (Å²) in [6.07, 6.45) is 5.82. The number of hydrogen-bond donors (Lipinski definition) is 0. The van der Waals surface area contributed by atoms with Crippen LogP contribution in [0.15, 0.2) is 36.8 Å². The lowest BCUT2D eigenvalue weighted by molar-refractivity contribution is -0.129. The zero-order chi connectivity index (χ0) is 18.4. The van der Waals surface area contributed by atoms with Crippen LogP contribution in [-0.4, -0.2) is 51.5 Å². The Balaban J connectivity index is 1.72. The zero-order valence-corrected chi connectivity index (χ0v) is 15.7. The van der Waals surface area contributed by atoms with Gasteiger partial charge in [0.1, 0.15) is 12.4 Å². The molecule has 0 radical (unpaired) electrons. The molecule has 0 bridgehead atoms. The van der Waals surface area contributed by atoms with Gasteiger partial charge >= 0.3 is 0 Å². The normalized spacial score (nSPS) is 16.9. The molecule has 1 aromatic heterocycles. The summed E-state index contributed by atoms with van der Waals surface area (Å²) < 4.78 is 8.13. The average Bonchev–Trinajstić information content (AvgIpc) is 3.01. The number of benzene rings is 1. The van der Waals surface area contributed by atoms with E-state index < -0.39 is 0 Å². The number of aromatic nitrogens is 2. The maximum atomic E-state index is 12.0. The van der Waals surface area contributed by atoms with Crippen LogP contribution < -0.4 is 4.74 Å². The van der Waals surface area contributed by atoms with Crippen LogP contribution in [-0.2, 0) is 24.9 Å². The van der Waals surface area contributed by atoms with Crippen LogP contribution in [0.4, 0.5) is 0 Å². The molecule has 26 heavy (non-hydrogen) atoms. The summed E-state index contributed by atoms with van der Waals surface area (Å²) in [6, 6.07) is 8.02. The molecule has 1 aliphatic heterocycles. The number of aryl methyl sites for hydroxylation is 1. The van der Waals surface area contributed by atoms with E-state index in [2.05, 4.69) is 14.5 Å². The summed E-state index contributed by atoms with van der Waals surface area (Å²) in [6.45, 7) is 6.39. The first kappa shape index (κ1) is 18.5. The van der Waals surface area contributed by atoms with Crippen molar-refractivity contribution in [2.75, 3.05) is 26.2 Å². The Hall–Kier alpha value is -2.34. The number of carbonyl (C=O) groups excluding carboxylic acids is 1. The van der Waals surface area contributed by atoms with Crippen molar-refractivity contribution in [3.8, 4) is 5.75 Å². The Morgan fingerprint density at radius 1 is 1.19 bits per heavy atom. The van der Waals surface area contributed by atoms with Gasteiger partial charge in [-0.15, -0.1) is 0 Å². The molecule has 1 amide bonds. The molecular formula is C20H28N4O2. The molecule has 0 fully saturated rings. The predicted molar refractivity (Wildman–Crippen MR) is 101 cm³/mol. The van der Waals surface area contributed by atoms with Gasteiger partial charge in [0.25, 0.3) is 0 Å². The number of para-hydroxylation sites is 1. The molecule has 6 heteroatoms. The SMILES string of the molecule is CC(=O)N1CCCCN(Cc2cncn2C)CCOc2ccccc2C1. The molecule has 0 N–H and O–H groups in total. The molecule has 0 saturated carbocycles. The van der Waals surface area contributed by atoms with Gasteiger partial charge in [-0.25, -0.2) is 4.98 Å². The van der Waals surface area contributed by atoms with Gasteiger partial charge in [0.05, 0.1) is 12.0 Å². The van der Waals surface area contributed by atoms with E-state index in [1.165, 1.54) is 5.69 Å². The largest absolute Gasteiger partial charge is 0.492 e. The van der Waals surface area contributed by atoms with E-state index in [1.807, 2.05) is 48.7 Å². The van der Waals surface area contributed by atoms with E-state index in [9.17, 15) is 4.79 Å². The molecule has 0 saturated heterocycles. The first-order valence-corrected chi connectivity index (χ1v) is 9.27. The summed E-state index contributed by atoms with van der Waals surface area (Å²) in [5, 5.41) is 0. The van der Waals surface area contributed by atoms with Crippen molar-refractivity contribution in [1.29, 1.82) is 0 Å². The van der Waals surface area contributed by atoms with Crippen LogP contribution in [0.3, 0.4) is 0 Å². The van der Waals surface area contributed by atoms with Gasteiger partial charge in [0.2, 0.25) is 5.91 Å².